The number of nitrogens with zero attached hydrogens (tertiary/aromatic N) is 2. The van der Waals surface area contributed by atoms with E-state index < -0.39 is 89.8 Å². The van der Waals surface area contributed by atoms with Crippen LogP contribution in [0.3, 0.4) is 0 Å². The van der Waals surface area contributed by atoms with Crippen LogP contribution in [0.25, 0.3) is 0 Å². The van der Waals surface area contributed by atoms with Gasteiger partial charge in [0.1, 0.15) is 30.7 Å². The van der Waals surface area contributed by atoms with E-state index in [1.807, 2.05) is 49.5 Å². The summed E-state index contributed by atoms with van der Waals surface area (Å²) in [4.78, 5) is 61.9. The van der Waals surface area contributed by atoms with Gasteiger partial charge in [-0.05, 0) is 51.0 Å². The summed E-state index contributed by atoms with van der Waals surface area (Å²) >= 11 is 0. The van der Waals surface area contributed by atoms with Crippen molar-refractivity contribution in [1.82, 2.24) is 9.55 Å². The van der Waals surface area contributed by atoms with Gasteiger partial charge >= 0.3 is 33.3 Å². The Morgan fingerprint density at radius 1 is 0.746 bits per heavy atom. The zero-order chi connectivity index (χ0) is 52.2. The molecule has 21 heteroatoms. The Labute approximate surface area is 420 Å². The monoisotopic (exact) mass is 1040 g/mol. The number of anilines is 1. The van der Waals surface area contributed by atoms with Crippen LogP contribution in [0.1, 0.15) is 168 Å². The summed E-state index contributed by atoms with van der Waals surface area (Å²) < 4.78 is 56.7. The lowest BCUT2D eigenvalue weighted by Crippen LogP contribution is -2.36. The first kappa shape index (κ1) is 63.5. The van der Waals surface area contributed by atoms with Gasteiger partial charge in [-0.15, -0.1) is 0 Å². The van der Waals surface area contributed by atoms with Gasteiger partial charge in [0, 0.05) is 19.0 Å². The molecule has 1 aliphatic heterocycles. The van der Waals surface area contributed by atoms with Crippen LogP contribution in [0.4, 0.5) is 5.82 Å². The van der Waals surface area contributed by atoms with Crippen LogP contribution in [0.15, 0.2) is 77.8 Å². The van der Waals surface area contributed by atoms with Crippen molar-refractivity contribution in [3.8, 4) is 0 Å². The van der Waals surface area contributed by atoms with Crippen LogP contribution < -0.4 is 11.4 Å². The highest BCUT2D eigenvalue weighted by molar-refractivity contribution is 7.61. The van der Waals surface area contributed by atoms with E-state index in [1.54, 1.807) is 6.08 Å². The first-order valence-corrected chi connectivity index (χ1v) is 28.4. The van der Waals surface area contributed by atoms with Crippen molar-refractivity contribution in [2.45, 2.75) is 198 Å². The molecule has 1 aliphatic rings. The van der Waals surface area contributed by atoms with Crippen LogP contribution in [-0.4, -0.2) is 96.9 Å². The topological polar surface area (TPSA) is 286 Å². The largest absolute Gasteiger partial charge is 0.481 e. The summed E-state index contributed by atoms with van der Waals surface area (Å²) in [5, 5.41) is 30.4. The van der Waals surface area contributed by atoms with Crippen LogP contribution in [0.5, 0.6) is 0 Å². The third-order valence-corrected chi connectivity index (χ3v) is 13.9. The van der Waals surface area contributed by atoms with Crippen molar-refractivity contribution in [3.05, 3.63) is 83.5 Å². The van der Waals surface area contributed by atoms with E-state index in [0.29, 0.717) is 32.1 Å². The molecule has 0 aliphatic carbocycles. The number of ether oxygens (including phenoxy) is 3. The van der Waals surface area contributed by atoms with Gasteiger partial charge < -0.3 is 45.1 Å². The Kier molecular flexibility index (Phi) is 34.1. The van der Waals surface area contributed by atoms with Gasteiger partial charge in [-0.1, -0.05) is 164 Å². The minimum Gasteiger partial charge on any atom is -0.462 e. The minimum atomic E-state index is -5.44. The number of aliphatic hydroxyl groups excluding tert-OH is 3. The third-order valence-electron chi connectivity index (χ3n) is 11.3. The summed E-state index contributed by atoms with van der Waals surface area (Å²) in [7, 11) is -10.9. The second-order valence-electron chi connectivity index (χ2n) is 17.5. The number of nitrogens with two attached hydrogens (primary N) is 1. The second kappa shape index (κ2) is 38.1. The van der Waals surface area contributed by atoms with E-state index in [4.69, 9.17) is 29.0 Å². The molecule has 1 aromatic heterocycles. The third kappa shape index (κ3) is 30.9. The van der Waals surface area contributed by atoms with E-state index in [-0.39, 0.29) is 18.7 Å². The molecule has 1 aromatic rings. The molecule has 2 unspecified atom stereocenters. The van der Waals surface area contributed by atoms with Crippen LogP contribution in [0, 0.1) is 0 Å². The molecule has 0 spiro atoms. The molecular formula is C50H83N3O16P2. The minimum absolute atomic E-state index is 0.0426. The fourth-order valence-electron chi connectivity index (χ4n) is 7.18. The summed E-state index contributed by atoms with van der Waals surface area (Å²) in [6.07, 6.45) is 34.0. The van der Waals surface area contributed by atoms with E-state index in [2.05, 4.69) is 28.4 Å². The lowest BCUT2D eigenvalue weighted by molar-refractivity contribution is -0.161. The number of hydrogen-bond acceptors (Lipinski definition) is 16. The lowest BCUT2D eigenvalue weighted by atomic mass is 10.0. The number of aliphatic hydroxyl groups is 3. The number of nitrogen functional groups attached to an aromatic ring is 1. The molecular weight excluding hydrogens is 961 g/mol. The van der Waals surface area contributed by atoms with E-state index in [9.17, 15) is 48.6 Å². The number of rotatable bonds is 41. The number of unbranched alkanes of at least 4 members (excludes halogenated alkanes) is 15. The number of hydrogen-bond donors (Lipinski definition) is 6. The summed E-state index contributed by atoms with van der Waals surface area (Å²) in [6, 6.07) is 1.24. The average molecular weight is 1040 g/mol. The number of phosphoric acid groups is 2. The molecule has 0 bridgehead atoms. The molecule has 0 amide bonds. The van der Waals surface area contributed by atoms with Gasteiger partial charge in [-0.3, -0.25) is 23.2 Å². The first-order valence-electron chi connectivity index (χ1n) is 25.4. The highest BCUT2D eigenvalue weighted by atomic mass is 31.3. The predicted molar refractivity (Wildman–Crippen MR) is 272 cm³/mol. The zero-order valence-electron chi connectivity index (χ0n) is 41.9. The van der Waals surface area contributed by atoms with E-state index in [1.165, 1.54) is 70.3 Å². The van der Waals surface area contributed by atoms with Crippen molar-refractivity contribution in [2.75, 3.05) is 25.6 Å². The van der Waals surface area contributed by atoms with Gasteiger partial charge in [0.25, 0.3) is 0 Å². The van der Waals surface area contributed by atoms with E-state index in [0.717, 1.165) is 49.3 Å². The molecule has 0 saturated carbocycles. The molecule has 2 rings (SSSR count). The number of carbonyl (C=O) groups is 2. The average Bonchev–Trinajstić information content (AvgIpc) is 3.61. The van der Waals surface area contributed by atoms with Gasteiger partial charge in [0.2, 0.25) is 0 Å². The highest BCUT2D eigenvalue weighted by Crippen LogP contribution is 2.60. The number of allylic oxidation sites excluding steroid dienone is 9. The number of esters is 2. The molecule has 8 atom stereocenters. The van der Waals surface area contributed by atoms with Crippen molar-refractivity contribution in [1.29, 1.82) is 0 Å². The van der Waals surface area contributed by atoms with Gasteiger partial charge in [0.15, 0.2) is 12.3 Å². The highest BCUT2D eigenvalue weighted by Gasteiger charge is 2.46. The van der Waals surface area contributed by atoms with Crippen molar-refractivity contribution in [3.63, 3.8) is 0 Å². The van der Waals surface area contributed by atoms with Gasteiger partial charge in [0.05, 0.1) is 19.3 Å². The Morgan fingerprint density at radius 3 is 1.89 bits per heavy atom. The fraction of sp³-hybridized carbons (Fsp3) is 0.680. The van der Waals surface area contributed by atoms with E-state index >= 15 is 0 Å². The van der Waals surface area contributed by atoms with Crippen LogP contribution >= 0.6 is 15.6 Å². The molecule has 404 valence electrons. The lowest BCUT2D eigenvalue weighted by Gasteiger charge is -2.21. The summed E-state index contributed by atoms with van der Waals surface area (Å²) in [5.74, 6) is -1.39. The van der Waals surface area contributed by atoms with Gasteiger partial charge in [-0.25, -0.2) is 13.9 Å². The van der Waals surface area contributed by atoms with Crippen molar-refractivity contribution < 1.29 is 71.4 Å². The van der Waals surface area contributed by atoms with Crippen molar-refractivity contribution in [2.24, 2.45) is 0 Å². The smallest absolute Gasteiger partial charge is 0.462 e. The summed E-state index contributed by atoms with van der Waals surface area (Å²) in [5.41, 5.74) is 4.58. The Balaban J connectivity index is 1.83. The maximum absolute atomic E-state index is 12.8. The Bertz CT molecular complexity index is 1940. The number of aromatic nitrogens is 2. The SMILES string of the molecule is CCCCCCCCCCCCCCCCCC(=O)OC[C@H](COP(=O)(O)OP(=O)(O)OC[C@H]1O[C@@H](n2ccc(N)nc2=O)[C@H](O)[C@@H]1O)OC(=O)CCC/C=C\C/C=C\C/C=C\C/C=C\C=C\[C@H](O)CC. The molecule has 1 saturated heterocycles. The number of carbonyl (C=O) groups excluding carboxylic acids is 2. The molecule has 7 N–H and O–H groups in total. The van der Waals surface area contributed by atoms with Crippen molar-refractivity contribution >= 4 is 33.4 Å². The number of phosphoric ester groups is 2. The molecule has 1 fully saturated rings. The normalized spacial score (nSPS) is 20.1. The van der Waals surface area contributed by atoms with Crippen LogP contribution in [0.2, 0.25) is 0 Å². The maximum atomic E-state index is 12.8. The predicted octanol–water partition coefficient (Wildman–Crippen LogP) is 9.30. The second-order valence-corrected chi connectivity index (χ2v) is 20.5. The quantitative estimate of drug-likeness (QED) is 0.0117. The molecule has 0 radical (unpaired) electrons. The molecule has 71 heavy (non-hydrogen) atoms. The van der Waals surface area contributed by atoms with Crippen LogP contribution in [-0.2, 0) is 46.3 Å². The standard InChI is InChI=1S/C50H83N3O16P2/c1-3-5-6-7-8-9-10-11-12-16-19-22-25-28-31-34-45(55)64-38-42(67-46(56)35-32-29-26-23-20-17-14-13-15-18-21-24-27-30-33-41(54)4-2)39-65-70(60,61)69-71(62,63)66-40-43-47(57)48(58)49(68-43)53-37-36-44(51)52-50(53)59/h14-15,17-18,23-24,26-27,30,33,36-37,41-43,47-49,54,57-58H,3-13,16,19-22,25,28-29,31-32,34-35,38-40H2,1-2H3,(H,60,61)(H,62,63)(H2,51,52,59)/b17-14-,18-15-,26-23-,27-24-,33-30+/t41-,42-,43-,47-,48-,49-/m1/s1. The zero-order valence-corrected chi connectivity index (χ0v) is 43.7. The maximum Gasteiger partial charge on any atom is 0.481 e. The molecule has 0 aromatic carbocycles. The Morgan fingerprint density at radius 2 is 1.30 bits per heavy atom. The molecule has 19 nitrogen and oxygen atoms in total. The fourth-order valence-corrected chi connectivity index (χ4v) is 9.29. The van der Waals surface area contributed by atoms with Gasteiger partial charge in [-0.2, -0.15) is 9.29 Å². The molecule has 2 heterocycles. The first-order chi connectivity index (χ1) is 34.1. The Hall–Kier alpha value is -3.58. The summed E-state index contributed by atoms with van der Waals surface area (Å²) in [6.45, 7) is 1.77.